The normalized spacial score (nSPS) is 9.89. The van der Waals surface area contributed by atoms with Crippen molar-refractivity contribution in [3.8, 4) is 6.07 Å². The van der Waals surface area contributed by atoms with E-state index in [-0.39, 0.29) is 19.5 Å². The molecule has 0 saturated heterocycles. The highest BCUT2D eigenvalue weighted by Gasteiger charge is 2.14. The minimum Gasteiger partial charge on any atom is -0.481 e. The van der Waals surface area contributed by atoms with Crippen molar-refractivity contribution < 1.29 is 9.90 Å². The Labute approximate surface area is 111 Å². The predicted molar refractivity (Wildman–Crippen MR) is 71.0 cm³/mol. The third-order valence-corrected chi connectivity index (χ3v) is 2.86. The van der Waals surface area contributed by atoms with Crippen molar-refractivity contribution >= 4 is 23.3 Å². The number of halogens is 1. The van der Waals surface area contributed by atoms with Gasteiger partial charge in [-0.2, -0.15) is 5.26 Å². The van der Waals surface area contributed by atoms with Crippen molar-refractivity contribution in [2.24, 2.45) is 0 Å². The van der Waals surface area contributed by atoms with Crippen LogP contribution in [-0.4, -0.2) is 24.2 Å². The number of carbonyl (C=O) groups is 1. The molecular formula is C13H15ClN2O2. The quantitative estimate of drug-likeness (QED) is 0.833. The molecule has 1 rings (SSSR count). The molecule has 18 heavy (non-hydrogen) atoms. The Morgan fingerprint density at radius 3 is 2.67 bits per heavy atom. The van der Waals surface area contributed by atoms with E-state index in [1.165, 1.54) is 0 Å². The number of nitrogens with zero attached hydrogens (tertiary/aromatic N) is 2. The zero-order valence-electron chi connectivity index (χ0n) is 10.4. The molecule has 1 N–H and O–H groups in total. The Kier molecular flexibility index (Phi) is 4.99. The molecule has 5 heteroatoms. The first-order chi connectivity index (χ1) is 8.45. The van der Waals surface area contributed by atoms with Crippen LogP contribution in [0, 0.1) is 25.2 Å². The molecule has 0 aliphatic heterocycles. The van der Waals surface area contributed by atoms with E-state index in [0.29, 0.717) is 5.02 Å². The SMILES string of the molecule is Cc1cc(C)c(N(CC#N)CCC(=O)O)c(Cl)c1. The molecule has 0 atom stereocenters. The van der Waals surface area contributed by atoms with Crippen molar-refractivity contribution in [2.75, 3.05) is 18.0 Å². The van der Waals surface area contributed by atoms with Crippen LogP contribution in [0.3, 0.4) is 0 Å². The fourth-order valence-corrected chi connectivity index (χ4v) is 2.34. The van der Waals surface area contributed by atoms with Gasteiger partial charge in [0.15, 0.2) is 0 Å². The first-order valence-electron chi connectivity index (χ1n) is 5.56. The monoisotopic (exact) mass is 266 g/mol. The summed E-state index contributed by atoms with van der Waals surface area (Å²) in [7, 11) is 0. The average molecular weight is 267 g/mol. The highest BCUT2D eigenvalue weighted by molar-refractivity contribution is 6.33. The van der Waals surface area contributed by atoms with Crippen LogP contribution >= 0.6 is 11.6 Å². The molecule has 0 fully saturated rings. The molecule has 0 spiro atoms. The third-order valence-electron chi connectivity index (χ3n) is 2.57. The van der Waals surface area contributed by atoms with Gasteiger partial charge in [-0.15, -0.1) is 0 Å². The summed E-state index contributed by atoms with van der Waals surface area (Å²) < 4.78 is 0. The maximum Gasteiger partial charge on any atom is 0.305 e. The van der Waals surface area contributed by atoms with Crippen LogP contribution in [0.15, 0.2) is 12.1 Å². The van der Waals surface area contributed by atoms with E-state index in [2.05, 4.69) is 0 Å². The summed E-state index contributed by atoms with van der Waals surface area (Å²) in [4.78, 5) is 12.3. The van der Waals surface area contributed by atoms with Gasteiger partial charge in [-0.1, -0.05) is 17.7 Å². The second-order valence-corrected chi connectivity index (χ2v) is 4.54. The molecule has 0 aliphatic rings. The first kappa shape index (κ1) is 14.3. The molecule has 96 valence electrons. The molecule has 4 nitrogen and oxygen atoms in total. The second-order valence-electron chi connectivity index (χ2n) is 4.14. The summed E-state index contributed by atoms with van der Waals surface area (Å²) in [6.45, 7) is 4.23. The van der Waals surface area contributed by atoms with Gasteiger partial charge < -0.3 is 10.0 Å². The molecule has 0 unspecified atom stereocenters. The zero-order chi connectivity index (χ0) is 13.7. The molecule has 0 saturated carbocycles. The Hall–Kier alpha value is -1.73. The molecule has 1 aromatic carbocycles. The van der Waals surface area contributed by atoms with E-state index >= 15 is 0 Å². The molecule has 0 heterocycles. The summed E-state index contributed by atoms with van der Waals surface area (Å²) in [5, 5.41) is 18.1. The van der Waals surface area contributed by atoms with Crippen LogP contribution < -0.4 is 4.90 Å². The van der Waals surface area contributed by atoms with Crippen molar-refractivity contribution in [3.63, 3.8) is 0 Å². The van der Waals surface area contributed by atoms with Gasteiger partial charge in [0, 0.05) is 6.54 Å². The van der Waals surface area contributed by atoms with E-state index < -0.39 is 5.97 Å². The number of carboxylic acids is 1. The van der Waals surface area contributed by atoms with E-state index in [4.69, 9.17) is 22.0 Å². The summed E-state index contributed by atoms with van der Waals surface area (Å²) in [6, 6.07) is 5.81. The number of carboxylic acid groups (broad SMARTS) is 1. The van der Waals surface area contributed by atoms with Crippen LogP contribution in [0.1, 0.15) is 17.5 Å². The lowest BCUT2D eigenvalue weighted by Gasteiger charge is -2.24. The largest absolute Gasteiger partial charge is 0.481 e. The van der Waals surface area contributed by atoms with Gasteiger partial charge in [-0.3, -0.25) is 4.79 Å². The van der Waals surface area contributed by atoms with Gasteiger partial charge in [-0.25, -0.2) is 0 Å². The van der Waals surface area contributed by atoms with Crippen LogP contribution in [0.2, 0.25) is 5.02 Å². The molecule has 0 radical (unpaired) electrons. The summed E-state index contributed by atoms with van der Waals surface area (Å²) in [5.41, 5.74) is 2.72. The Morgan fingerprint density at radius 1 is 1.50 bits per heavy atom. The third kappa shape index (κ3) is 3.64. The lowest BCUT2D eigenvalue weighted by molar-refractivity contribution is -0.136. The van der Waals surface area contributed by atoms with Crippen molar-refractivity contribution in [1.29, 1.82) is 5.26 Å². The van der Waals surface area contributed by atoms with E-state index in [1.54, 1.807) is 4.90 Å². The van der Waals surface area contributed by atoms with Crippen LogP contribution in [0.5, 0.6) is 0 Å². The smallest absolute Gasteiger partial charge is 0.305 e. The molecule has 0 amide bonds. The Bertz CT molecular complexity index is 471. The lowest BCUT2D eigenvalue weighted by atomic mass is 10.1. The Balaban J connectivity index is 3.06. The zero-order valence-corrected chi connectivity index (χ0v) is 11.2. The number of anilines is 1. The van der Waals surface area contributed by atoms with Gasteiger partial charge >= 0.3 is 5.97 Å². The summed E-state index contributed by atoms with van der Waals surface area (Å²) in [6.07, 6.45) is -0.0225. The fraction of sp³-hybridized carbons (Fsp3) is 0.385. The minimum absolute atomic E-state index is 0.0225. The minimum atomic E-state index is -0.890. The number of hydrogen-bond donors (Lipinski definition) is 1. The molecule has 1 aromatic rings. The summed E-state index contributed by atoms with van der Waals surface area (Å²) in [5.74, 6) is -0.890. The number of rotatable bonds is 5. The highest BCUT2D eigenvalue weighted by atomic mass is 35.5. The van der Waals surface area contributed by atoms with Crippen LogP contribution in [0.4, 0.5) is 5.69 Å². The molecule has 0 aliphatic carbocycles. The maximum atomic E-state index is 10.6. The van der Waals surface area contributed by atoms with Gasteiger partial charge in [0.25, 0.3) is 0 Å². The molecular weight excluding hydrogens is 252 g/mol. The standard InChI is InChI=1S/C13H15ClN2O2/c1-9-7-10(2)13(11(14)8-9)16(6-4-15)5-3-12(17)18/h7-8H,3,5-6H2,1-2H3,(H,17,18). The Morgan fingerprint density at radius 2 is 2.17 bits per heavy atom. The molecule has 0 aromatic heterocycles. The van der Waals surface area contributed by atoms with Gasteiger partial charge in [0.2, 0.25) is 0 Å². The second kappa shape index (κ2) is 6.27. The molecule has 0 bridgehead atoms. The number of benzene rings is 1. The topological polar surface area (TPSA) is 64.3 Å². The number of aryl methyl sites for hydroxylation is 2. The van der Waals surface area contributed by atoms with E-state index in [1.807, 2.05) is 32.0 Å². The lowest BCUT2D eigenvalue weighted by Crippen LogP contribution is -2.27. The number of hydrogen-bond acceptors (Lipinski definition) is 3. The van der Waals surface area contributed by atoms with Gasteiger partial charge in [0.05, 0.1) is 23.2 Å². The number of nitriles is 1. The fourth-order valence-electron chi connectivity index (χ4n) is 1.89. The van der Waals surface area contributed by atoms with E-state index in [0.717, 1.165) is 16.8 Å². The highest BCUT2D eigenvalue weighted by Crippen LogP contribution is 2.30. The van der Waals surface area contributed by atoms with Gasteiger partial charge in [-0.05, 0) is 31.0 Å². The van der Waals surface area contributed by atoms with Crippen molar-refractivity contribution in [1.82, 2.24) is 0 Å². The van der Waals surface area contributed by atoms with Crippen LogP contribution in [0.25, 0.3) is 0 Å². The van der Waals surface area contributed by atoms with Crippen molar-refractivity contribution in [2.45, 2.75) is 20.3 Å². The number of aliphatic carboxylic acids is 1. The van der Waals surface area contributed by atoms with Gasteiger partial charge in [0.1, 0.15) is 6.54 Å². The van der Waals surface area contributed by atoms with Crippen molar-refractivity contribution in [3.05, 3.63) is 28.3 Å². The van der Waals surface area contributed by atoms with E-state index in [9.17, 15) is 4.79 Å². The van der Waals surface area contributed by atoms with Crippen LogP contribution in [-0.2, 0) is 4.79 Å². The predicted octanol–water partition coefficient (Wildman–Crippen LogP) is 2.76. The average Bonchev–Trinajstić information content (AvgIpc) is 2.24. The maximum absolute atomic E-state index is 10.6. The first-order valence-corrected chi connectivity index (χ1v) is 5.94. The summed E-state index contributed by atoms with van der Waals surface area (Å²) >= 11 is 6.18.